The first kappa shape index (κ1) is 29.0. The summed E-state index contributed by atoms with van der Waals surface area (Å²) in [6.45, 7) is 13.5. The molecule has 0 aliphatic rings. The van der Waals surface area contributed by atoms with Crippen LogP contribution in [-0.4, -0.2) is 73.7 Å². The number of rotatable bonds is 11. The summed E-state index contributed by atoms with van der Waals surface area (Å²) in [6, 6.07) is 9.42. The zero-order valence-electron chi connectivity index (χ0n) is 21.2. The minimum atomic E-state index is -0.578. The first-order valence-corrected chi connectivity index (χ1v) is 11.4. The lowest BCUT2D eigenvalue weighted by atomic mass is 10.2. The molecule has 192 valence electrons. The van der Waals surface area contributed by atoms with Crippen molar-refractivity contribution in [2.24, 2.45) is 0 Å². The van der Waals surface area contributed by atoms with Crippen molar-refractivity contribution >= 4 is 18.3 Å². The predicted octanol–water partition coefficient (Wildman–Crippen LogP) is 3.26. The van der Waals surface area contributed by atoms with Crippen LogP contribution in [0.2, 0.25) is 0 Å². The third kappa shape index (κ3) is 15.7. The number of nitrogens with zero attached hydrogens (tertiary/aromatic N) is 1. The Bertz CT molecular complexity index is 725. The van der Waals surface area contributed by atoms with Gasteiger partial charge in [0.2, 0.25) is 0 Å². The van der Waals surface area contributed by atoms with E-state index in [0.717, 1.165) is 5.56 Å². The highest BCUT2D eigenvalue weighted by molar-refractivity contribution is 5.68. The Kier molecular flexibility index (Phi) is 12.2. The lowest BCUT2D eigenvalue weighted by molar-refractivity contribution is 0.0520. The summed E-state index contributed by atoms with van der Waals surface area (Å²) in [7, 11) is 0. The van der Waals surface area contributed by atoms with Crippen molar-refractivity contribution in [3.63, 3.8) is 0 Å². The summed E-state index contributed by atoms with van der Waals surface area (Å²) < 4.78 is 15.7. The van der Waals surface area contributed by atoms with Crippen molar-refractivity contribution in [1.29, 1.82) is 0 Å². The molecule has 10 nitrogen and oxygen atoms in total. The molecule has 0 saturated heterocycles. The highest BCUT2D eigenvalue weighted by Gasteiger charge is 2.17. The second-order valence-corrected chi connectivity index (χ2v) is 9.69. The van der Waals surface area contributed by atoms with Gasteiger partial charge in [0.1, 0.15) is 17.8 Å². The molecule has 10 heteroatoms. The van der Waals surface area contributed by atoms with Crippen LogP contribution >= 0.6 is 0 Å². The average molecular weight is 481 g/mol. The van der Waals surface area contributed by atoms with E-state index in [0.29, 0.717) is 39.3 Å². The first-order valence-electron chi connectivity index (χ1n) is 11.4. The molecule has 0 atom stereocenters. The molecule has 1 aromatic carbocycles. The van der Waals surface area contributed by atoms with Gasteiger partial charge in [-0.05, 0) is 47.1 Å². The molecule has 0 bridgehead atoms. The number of hydrogen-bond donors (Lipinski definition) is 3. The van der Waals surface area contributed by atoms with E-state index >= 15 is 0 Å². The molecule has 1 rings (SSSR count). The Labute approximate surface area is 202 Å². The molecule has 0 radical (unpaired) electrons. The van der Waals surface area contributed by atoms with Gasteiger partial charge in [0.25, 0.3) is 0 Å². The van der Waals surface area contributed by atoms with E-state index in [2.05, 4.69) is 16.0 Å². The minimum Gasteiger partial charge on any atom is -0.445 e. The maximum atomic E-state index is 12.0. The van der Waals surface area contributed by atoms with Crippen LogP contribution < -0.4 is 16.0 Å². The molecule has 0 aromatic heterocycles. The van der Waals surface area contributed by atoms with Crippen molar-refractivity contribution in [3.8, 4) is 0 Å². The van der Waals surface area contributed by atoms with Crippen LogP contribution in [0.15, 0.2) is 30.3 Å². The van der Waals surface area contributed by atoms with Crippen LogP contribution in [0, 0.1) is 0 Å². The van der Waals surface area contributed by atoms with E-state index in [1.165, 1.54) is 0 Å². The van der Waals surface area contributed by atoms with E-state index < -0.39 is 29.5 Å². The number of benzene rings is 1. The Morgan fingerprint density at radius 3 is 1.53 bits per heavy atom. The standard InChI is InChI=1S/C24H40N4O6/c1-23(2,3)33-21(30)26-13-16-28(17-14-27-22(31)34-24(4,5)6)15-12-25-20(29)32-18-19-10-8-7-9-11-19/h7-11H,12-18H2,1-6H3,(H,25,29)(H,26,30)(H,27,31). The molecular weight excluding hydrogens is 440 g/mol. The molecule has 3 amide bonds. The van der Waals surface area contributed by atoms with Crippen LogP contribution in [-0.2, 0) is 20.8 Å². The van der Waals surface area contributed by atoms with Gasteiger partial charge in [-0.3, -0.25) is 4.90 Å². The van der Waals surface area contributed by atoms with Crippen molar-refractivity contribution in [3.05, 3.63) is 35.9 Å². The number of ether oxygens (including phenoxy) is 3. The van der Waals surface area contributed by atoms with Gasteiger partial charge in [-0.2, -0.15) is 0 Å². The predicted molar refractivity (Wildman–Crippen MR) is 130 cm³/mol. The van der Waals surface area contributed by atoms with Crippen molar-refractivity contribution in [2.45, 2.75) is 59.4 Å². The zero-order valence-corrected chi connectivity index (χ0v) is 21.2. The summed E-state index contributed by atoms with van der Waals surface area (Å²) in [5, 5.41) is 8.14. The zero-order chi connectivity index (χ0) is 25.6. The Balaban J connectivity index is 2.44. The lowest BCUT2D eigenvalue weighted by Crippen LogP contribution is -2.44. The normalized spacial score (nSPS) is 11.5. The molecule has 0 fully saturated rings. The molecule has 0 spiro atoms. The Morgan fingerprint density at radius 1 is 0.706 bits per heavy atom. The number of nitrogens with one attached hydrogen (secondary N) is 3. The van der Waals surface area contributed by atoms with E-state index in [1.54, 1.807) is 41.5 Å². The van der Waals surface area contributed by atoms with Crippen LogP contribution in [0.3, 0.4) is 0 Å². The summed E-state index contributed by atoms with van der Waals surface area (Å²) in [4.78, 5) is 37.7. The fourth-order valence-electron chi connectivity index (χ4n) is 2.69. The van der Waals surface area contributed by atoms with Crippen molar-refractivity contribution < 1.29 is 28.6 Å². The summed E-state index contributed by atoms with van der Waals surface area (Å²) in [5.74, 6) is 0. The average Bonchev–Trinajstić information content (AvgIpc) is 2.70. The third-order valence-corrected chi connectivity index (χ3v) is 4.10. The second kappa shape index (κ2) is 14.3. The maximum Gasteiger partial charge on any atom is 0.407 e. The Morgan fingerprint density at radius 2 is 1.12 bits per heavy atom. The summed E-state index contributed by atoms with van der Waals surface area (Å²) >= 11 is 0. The van der Waals surface area contributed by atoms with E-state index in [1.807, 2.05) is 35.2 Å². The van der Waals surface area contributed by atoms with E-state index in [9.17, 15) is 14.4 Å². The third-order valence-electron chi connectivity index (χ3n) is 4.10. The van der Waals surface area contributed by atoms with Crippen LogP contribution in [0.1, 0.15) is 47.1 Å². The van der Waals surface area contributed by atoms with Gasteiger partial charge in [-0.25, -0.2) is 14.4 Å². The van der Waals surface area contributed by atoms with E-state index in [4.69, 9.17) is 14.2 Å². The second-order valence-electron chi connectivity index (χ2n) is 9.69. The molecule has 0 aliphatic carbocycles. The van der Waals surface area contributed by atoms with Gasteiger partial charge < -0.3 is 30.2 Å². The topological polar surface area (TPSA) is 118 Å². The molecule has 0 saturated carbocycles. The molecular formula is C24H40N4O6. The monoisotopic (exact) mass is 480 g/mol. The molecule has 3 N–H and O–H groups in total. The lowest BCUT2D eigenvalue weighted by Gasteiger charge is -2.24. The Hall–Kier alpha value is -3.01. The largest absolute Gasteiger partial charge is 0.445 e. The molecule has 0 aliphatic heterocycles. The fourth-order valence-corrected chi connectivity index (χ4v) is 2.69. The summed E-state index contributed by atoms with van der Waals surface area (Å²) in [6.07, 6.45) is -1.51. The van der Waals surface area contributed by atoms with Gasteiger partial charge in [0.05, 0.1) is 0 Å². The number of carbonyl (C=O) groups is 3. The van der Waals surface area contributed by atoms with Crippen LogP contribution in [0.25, 0.3) is 0 Å². The van der Waals surface area contributed by atoms with Crippen LogP contribution in [0.5, 0.6) is 0 Å². The fraction of sp³-hybridized carbons (Fsp3) is 0.625. The molecule has 1 aromatic rings. The highest BCUT2D eigenvalue weighted by atomic mass is 16.6. The van der Waals surface area contributed by atoms with Crippen LogP contribution in [0.4, 0.5) is 14.4 Å². The van der Waals surface area contributed by atoms with Gasteiger partial charge in [0.15, 0.2) is 0 Å². The highest BCUT2D eigenvalue weighted by Crippen LogP contribution is 2.07. The van der Waals surface area contributed by atoms with Gasteiger partial charge in [0, 0.05) is 39.3 Å². The number of hydrogen-bond acceptors (Lipinski definition) is 7. The number of alkyl carbamates (subject to hydrolysis) is 3. The number of carbonyl (C=O) groups excluding carboxylic acids is 3. The van der Waals surface area contributed by atoms with Gasteiger partial charge in [-0.15, -0.1) is 0 Å². The van der Waals surface area contributed by atoms with Crippen molar-refractivity contribution in [2.75, 3.05) is 39.3 Å². The maximum absolute atomic E-state index is 12.0. The SMILES string of the molecule is CC(C)(C)OC(=O)NCCN(CCNC(=O)OCc1ccccc1)CCNC(=O)OC(C)(C)C. The smallest absolute Gasteiger partial charge is 0.407 e. The molecule has 0 heterocycles. The van der Waals surface area contributed by atoms with Crippen molar-refractivity contribution in [1.82, 2.24) is 20.9 Å². The number of amides is 3. The van der Waals surface area contributed by atoms with E-state index in [-0.39, 0.29) is 6.61 Å². The minimum absolute atomic E-state index is 0.190. The molecule has 34 heavy (non-hydrogen) atoms. The van der Waals surface area contributed by atoms with Gasteiger partial charge in [-0.1, -0.05) is 30.3 Å². The quantitative estimate of drug-likeness (QED) is 0.416. The molecule has 0 unspecified atom stereocenters. The summed E-state index contributed by atoms with van der Waals surface area (Å²) in [5.41, 5.74) is -0.253. The first-order chi connectivity index (χ1) is 15.8. The van der Waals surface area contributed by atoms with Gasteiger partial charge >= 0.3 is 18.3 Å².